The lowest BCUT2D eigenvalue weighted by molar-refractivity contribution is -0.211. The molecular formula is C22H33NO7. The summed E-state index contributed by atoms with van der Waals surface area (Å²) >= 11 is 0. The lowest BCUT2D eigenvalue weighted by Gasteiger charge is -2.26. The molecule has 1 atom stereocenters. The standard InChI is InChI=1S/C22H33NO7/c1-9-15-12-16(10-11-18(15)30-29-14(2)24)19(25)17(13-27-21(3,4)5)23-20(26)28-22(6,7)8/h10-12,17H,9,13H2,1-8H3,(H,23,26)/t17-/m0/s1. The number of hydrogen-bond acceptors (Lipinski definition) is 7. The van der Waals surface area contributed by atoms with Crippen molar-refractivity contribution in [1.82, 2.24) is 5.32 Å². The highest BCUT2D eigenvalue weighted by Crippen LogP contribution is 2.22. The van der Waals surface area contributed by atoms with Gasteiger partial charge in [-0.15, -0.1) is 0 Å². The Morgan fingerprint density at radius 2 is 1.67 bits per heavy atom. The van der Waals surface area contributed by atoms with E-state index in [4.69, 9.17) is 14.4 Å². The van der Waals surface area contributed by atoms with Crippen LogP contribution in [0.1, 0.15) is 71.3 Å². The van der Waals surface area contributed by atoms with Gasteiger partial charge in [-0.05, 0) is 71.7 Å². The highest BCUT2D eigenvalue weighted by molar-refractivity contribution is 6.02. The first-order valence-corrected chi connectivity index (χ1v) is 9.87. The molecule has 1 rings (SSSR count). The van der Waals surface area contributed by atoms with Gasteiger partial charge in [0, 0.05) is 12.5 Å². The second kappa shape index (κ2) is 10.4. The minimum atomic E-state index is -0.941. The molecule has 30 heavy (non-hydrogen) atoms. The molecule has 1 aromatic carbocycles. The highest BCUT2D eigenvalue weighted by atomic mass is 17.2. The number of Topliss-reactive ketones (excluding diaryl/α,β-unsaturated/α-hetero) is 1. The second-order valence-electron chi connectivity index (χ2n) is 8.82. The lowest BCUT2D eigenvalue weighted by Crippen LogP contribution is -2.47. The topological polar surface area (TPSA) is 100 Å². The number of alkyl carbamates (subject to hydrolysis) is 1. The van der Waals surface area contributed by atoms with E-state index in [-0.39, 0.29) is 12.4 Å². The summed E-state index contributed by atoms with van der Waals surface area (Å²) in [4.78, 5) is 45.9. The zero-order valence-electron chi connectivity index (χ0n) is 19.1. The van der Waals surface area contributed by atoms with Crippen LogP contribution < -0.4 is 10.2 Å². The lowest BCUT2D eigenvalue weighted by atomic mass is 10.0. The van der Waals surface area contributed by atoms with Crippen LogP contribution in [-0.2, 0) is 25.6 Å². The van der Waals surface area contributed by atoms with E-state index in [0.717, 1.165) is 0 Å². The largest absolute Gasteiger partial charge is 0.444 e. The number of hydrogen-bond donors (Lipinski definition) is 1. The van der Waals surface area contributed by atoms with Crippen LogP contribution in [0.2, 0.25) is 0 Å². The van der Waals surface area contributed by atoms with Crippen molar-refractivity contribution in [3.05, 3.63) is 29.3 Å². The van der Waals surface area contributed by atoms with Gasteiger partial charge in [-0.1, -0.05) is 6.92 Å². The summed E-state index contributed by atoms with van der Waals surface area (Å²) in [6.45, 7) is 13.9. The zero-order valence-corrected chi connectivity index (χ0v) is 19.1. The number of benzene rings is 1. The minimum Gasteiger partial charge on any atom is -0.444 e. The fourth-order valence-electron chi connectivity index (χ4n) is 2.36. The Kier molecular flexibility index (Phi) is 8.84. The molecule has 0 fully saturated rings. The summed E-state index contributed by atoms with van der Waals surface area (Å²) in [7, 11) is 0. The number of carbonyl (C=O) groups excluding carboxylic acids is 3. The molecule has 0 spiro atoms. The number of carbonyl (C=O) groups is 3. The average Bonchev–Trinajstić information content (AvgIpc) is 2.60. The third-order valence-electron chi connectivity index (χ3n) is 3.67. The van der Waals surface area contributed by atoms with Crippen LogP contribution in [0, 0.1) is 0 Å². The number of rotatable bonds is 8. The maximum atomic E-state index is 13.1. The Morgan fingerprint density at radius 1 is 1.03 bits per heavy atom. The fourth-order valence-corrected chi connectivity index (χ4v) is 2.36. The molecule has 8 nitrogen and oxygen atoms in total. The minimum absolute atomic E-state index is 0.0191. The SMILES string of the molecule is CCc1cc(C(=O)[C@H](COC(C)(C)C)NC(=O)OC(C)(C)C)ccc1OOC(C)=O. The van der Waals surface area contributed by atoms with Crippen molar-refractivity contribution in [3.8, 4) is 5.75 Å². The van der Waals surface area contributed by atoms with Crippen molar-refractivity contribution in [3.63, 3.8) is 0 Å². The molecular weight excluding hydrogens is 390 g/mol. The first kappa shape index (κ1) is 25.4. The number of nitrogens with one attached hydrogen (secondary N) is 1. The predicted molar refractivity (Wildman–Crippen MR) is 111 cm³/mol. The van der Waals surface area contributed by atoms with Crippen LogP contribution in [0.4, 0.5) is 4.79 Å². The van der Waals surface area contributed by atoms with Gasteiger partial charge in [-0.25, -0.2) is 9.59 Å². The maximum absolute atomic E-state index is 13.1. The normalized spacial score (nSPS) is 12.7. The van der Waals surface area contributed by atoms with Gasteiger partial charge in [0.25, 0.3) is 0 Å². The van der Waals surface area contributed by atoms with E-state index in [2.05, 4.69) is 10.2 Å². The quantitative estimate of drug-likeness (QED) is 0.383. The summed E-state index contributed by atoms with van der Waals surface area (Å²) in [5.74, 6) is -0.580. The smallest absolute Gasteiger partial charge is 0.408 e. The van der Waals surface area contributed by atoms with Gasteiger partial charge in [0.1, 0.15) is 11.6 Å². The molecule has 1 N–H and O–H groups in total. The Morgan fingerprint density at radius 3 is 2.17 bits per heavy atom. The number of ether oxygens (including phenoxy) is 2. The van der Waals surface area contributed by atoms with Gasteiger partial charge in [0.05, 0.1) is 12.2 Å². The third-order valence-corrected chi connectivity index (χ3v) is 3.67. The second-order valence-corrected chi connectivity index (χ2v) is 8.82. The van der Waals surface area contributed by atoms with Crippen molar-refractivity contribution in [2.24, 2.45) is 0 Å². The summed E-state index contributed by atoms with van der Waals surface area (Å²) in [5.41, 5.74) is -0.159. The van der Waals surface area contributed by atoms with Gasteiger partial charge in [-0.2, -0.15) is 0 Å². The van der Waals surface area contributed by atoms with Crippen LogP contribution >= 0.6 is 0 Å². The van der Waals surface area contributed by atoms with E-state index in [0.29, 0.717) is 23.3 Å². The molecule has 0 heterocycles. The summed E-state index contributed by atoms with van der Waals surface area (Å²) in [6, 6.07) is 3.79. The summed E-state index contributed by atoms with van der Waals surface area (Å²) in [5, 5.41) is 2.60. The van der Waals surface area contributed by atoms with Gasteiger partial charge in [-0.3, -0.25) is 14.6 Å². The predicted octanol–water partition coefficient (Wildman–Crippen LogP) is 4.00. The Hall–Kier alpha value is -2.61. The van der Waals surface area contributed by atoms with E-state index in [1.54, 1.807) is 39.0 Å². The van der Waals surface area contributed by atoms with Crippen molar-refractivity contribution < 1.29 is 33.6 Å². The fraction of sp³-hybridized carbons (Fsp3) is 0.591. The molecule has 0 saturated carbocycles. The first-order valence-electron chi connectivity index (χ1n) is 9.87. The monoisotopic (exact) mass is 423 g/mol. The summed E-state index contributed by atoms with van der Waals surface area (Å²) < 4.78 is 11.0. The third kappa shape index (κ3) is 9.26. The Balaban J connectivity index is 3.08. The van der Waals surface area contributed by atoms with Crippen LogP contribution in [0.5, 0.6) is 5.75 Å². The molecule has 0 aliphatic carbocycles. The molecule has 0 bridgehead atoms. The Bertz CT molecular complexity index is 760. The number of amides is 1. The number of ketones is 1. The van der Waals surface area contributed by atoms with Gasteiger partial charge in [0.2, 0.25) is 0 Å². The first-order chi connectivity index (χ1) is 13.7. The van der Waals surface area contributed by atoms with E-state index < -0.39 is 29.3 Å². The molecule has 0 unspecified atom stereocenters. The van der Waals surface area contributed by atoms with Crippen LogP contribution in [-0.4, -0.2) is 41.7 Å². The summed E-state index contributed by atoms with van der Waals surface area (Å²) in [6.07, 6.45) is -0.163. The van der Waals surface area contributed by atoms with Crippen LogP contribution in [0.15, 0.2) is 18.2 Å². The molecule has 1 aromatic rings. The van der Waals surface area contributed by atoms with Crippen molar-refractivity contribution in [2.45, 2.75) is 79.1 Å². The van der Waals surface area contributed by atoms with Crippen molar-refractivity contribution >= 4 is 17.8 Å². The highest BCUT2D eigenvalue weighted by Gasteiger charge is 2.28. The maximum Gasteiger partial charge on any atom is 0.408 e. The average molecular weight is 424 g/mol. The molecule has 0 aliphatic rings. The zero-order chi connectivity index (χ0) is 23.1. The Labute approximate surface area is 178 Å². The van der Waals surface area contributed by atoms with Gasteiger partial charge >= 0.3 is 12.1 Å². The van der Waals surface area contributed by atoms with E-state index in [1.807, 2.05) is 27.7 Å². The van der Waals surface area contributed by atoms with E-state index in [9.17, 15) is 14.4 Å². The van der Waals surface area contributed by atoms with Gasteiger partial charge < -0.3 is 14.8 Å². The van der Waals surface area contributed by atoms with Crippen LogP contribution in [0.25, 0.3) is 0 Å². The molecule has 0 aliphatic heterocycles. The molecule has 0 aromatic heterocycles. The molecule has 8 heteroatoms. The van der Waals surface area contributed by atoms with Crippen LogP contribution in [0.3, 0.4) is 0 Å². The molecule has 168 valence electrons. The van der Waals surface area contributed by atoms with Crippen molar-refractivity contribution in [1.29, 1.82) is 0 Å². The number of aryl methyl sites for hydroxylation is 1. The van der Waals surface area contributed by atoms with E-state index in [1.165, 1.54) is 6.92 Å². The van der Waals surface area contributed by atoms with Crippen molar-refractivity contribution in [2.75, 3.05) is 6.61 Å². The van der Waals surface area contributed by atoms with E-state index >= 15 is 0 Å². The van der Waals surface area contributed by atoms with Gasteiger partial charge in [0.15, 0.2) is 11.5 Å². The molecule has 0 saturated heterocycles. The molecule has 0 radical (unpaired) electrons. The molecule has 1 amide bonds.